The standard InChI is InChI=1S/C30H33N3O2S/c1-19-13-14-24-20(2)15-28(32-30(24)21(19)3)36-18-29(35)33(23-9-5-4-6-10-23)17-22-16-27(34)31-26-12-8-7-11-25(22)26/h7-8,11-16,23H,4-6,9-10,17-18H2,1-3H3,(H,31,34). The van der Waals surface area contributed by atoms with Crippen LogP contribution in [0.3, 0.4) is 0 Å². The van der Waals surface area contributed by atoms with Crippen molar-refractivity contribution in [2.75, 3.05) is 5.75 Å². The van der Waals surface area contributed by atoms with Crippen LogP contribution in [0.15, 0.2) is 58.4 Å². The van der Waals surface area contributed by atoms with Gasteiger partial charge in [-0.25, -0.2) is 4.98 Å². The molecular weight excluding hydrogens is 466 g/mol. The van der Waals surface area contributed by atoms with E-state index in [9.17, 15) is 9.59 Å². The van der Waals surface area contributed by atoms with Crippen molar-refractivity contribution in [3.05, 3.63) is 81.1 Å². The Morgan fingerprint density at radius 3 is 2.58 bits per heavy atom. The third kappa shape index (κ3) is 5.05. The number of aromatic nitrogens is 2. The number of nitrogens with zero attached hydrogens (tertiary/aromatic N) is 2. The Labute approximate surface area is 216 Å². The van der Waals surface area contributed by atoms with E-state index in [0.29, 0.717) is 12.3 Å². The van der Waals surface area contributed by atoms with Crippen LogP contribution < -0.4 is 5.56 Å². The van der Waals surface area contributed by atoms with Crippen LogP contribution in [0.4, 0.5) is 0 Å². The average molecular weight is 500 g/mol. The van der Waals surface area contributed by atoms with Crippen LogP contribution in [0, 0.1) is 20.8 Å². The van der Waals surface area contributed by atoms with E-state index >= 15 is 0 Å². The minimum atomic E-state index is -0.129. The minimum Gasteiger partial charge on any atom is -0.335 e. The van der Waals surface area contributed by atoms with Crippen molar-refractivity contribution in [1.82, 2.24) is 14.9 Å². The first-order chi connectivity index (χ1) is 17.4. The quantitative estimate of drug-likeness (QED) is 0.309. The predicted molar refractivity (Wildman–Crippen MR) is 149 cm³/mol. The molecule has 2 heterocycles. The fourth-order valence-electron chi connectivity index (χ4n) is 5.37. The zero-order valence-corrected chi connectivity index (χ0v) is 22.1. The molecule has 2 aromatic heterocycles. The molecule has 0 saturated heterocycles. The third-order valence-corrected chi connectivity index (χ3v) is 8.44. The molecule has 0 radical (unpaired) electrons. The molecule has 1 amide bonds. The third-order valence-electron chi connectivity index (χ3n) is 7.54. The summed E-state index contributed by atoms with van der Waals surface area (Å²) in [4.78, 5) is 35.9. The monoisotopic (exact) mass is 499 g/mol. The van der Waals surface area contributed by atoms with Gasteiger partial charge < -0.3 is 9.88 Å². The normalized spacial score (nSPS) is 14.4. The number of para-hydroxylation sites is 1. The number of carbonyl (C=O) groups is 1. The lowest BCUT2D eigenvalue weighted by Gasteiger charge is -2.34. The zero-order chi connectivity index (χ0) is 25.2. The highest BCUT2D eigenvalue weighted by molar-refractivity contribution is 7.99. The van der Waals surface area contributed by atoms with Crippen molar-refractivity contribution in [3.8, 4) is 0 Å². The van der Waals surface area contributed by atoms with Crippen LogP contribution in [-0.4, -0.2) is 32.6 Å². The Hall–Kier alpha value is -3.12. The zero-order valence-electron chi connectivity index (χ0n) is 21.3. The lowest BCUT2D eigenvalue weighted by atomic mass is 9.93. The molecule has 1 fully saturated rings. The van der Waals surface area contributed by atoms with Crippen LogP contribution in [0.5, 0.6) is 0 Å². The van der Waals surface area contributed by atoms with Crippen molar-refractivity contribution in [3.63, 3.8) is 0 Å². The molecule has 1 saturated carbocycles. The van der Waals surface area contributed by atoms with Gasteiger partial charge in [0.2, 0.25) is 11.5 Å². The lowest BCUT2D eigenvalue weighted by Crippen LogP contribution is -2.42. The van der Waals surface area contributed by atoms with E-state index in [-0.39, 0.29) is 17.5 Å². The molecule has 6 heteroatoms. The molecular formula is C30H33N3O2S. The number of aryl methyl sites for hydroxylation is 3. The largest absolute Gasteiger partial charge is 0.335 e. The Balaban J connectivity index is 1.42. The number of pyridine rings is 2. The van der Waals surface area contributed by atoms with E-state index in [1.165, 1.54) is 40.3 Å². The van der Waals surface area contributed by atoms with Gasteiger partial charge in [-0.15, -0.1) is 0 Å². The van der Waals surface area contributed by atoms with Gasteiger partial charge in [-0.1, -0.05) is 61.4 Å². The molecule has 1 N–H and O–H groups in total. The van der Waals surface area contributed by atoms with Crippen LogP contribution in [-0.2, 0) is 11.3 Å². The summed E-state index contributed by atoms with van der Waals surface area (Å²) in [5, 5.41) is 3.04. The van der Waals surface area contributed by atoms with Gasteiger partial charge >= 0.3 is 0 Å². The predicted octanol–water partition coefficient (Wildman–Crippen LogP) is 6.46. The molecule has 4 aromatic rings. The number of hydrogen-bond acceptors (Lipinski definition) is 4. The fraction of sp³-hybridized carbons (Fsp3) is 0.367. The van der Waals surface area contributed by atoms with E-state index in [1.54, 1.807) is 6.07 Å². The first-order valence-corrected chi connectivity index (χ1v) is 13.8. The van der Waals surface area contributed by atoms with Gasteiger partial charge in [-0.05, 0) is 68.0 Å². The van der Waals surface area contributed by atoms with Gasteiger partial charge in [0.25, 0.3) is 0 Å². The number of nitrogens with one attached hydrogen (secondary N) is 1. The summed E-state index contributed by atoms with van der Waals surface area (Å²) in [6.45, 7) is 6.78. The number of aromatic amines is 1. The molecule has 1 aliphatic carbocycles. The van der Waals surface area contributed by atoms with E-state index in [2.05, 4.69) is 44.0 Å². The Bertz CT molecular complexity index is 1490. The molecule has 36 heavy (non-hydrogen) atoms. The van der Waals surface area contributed by atoms with Crippen LogP contribution >= 0.6 is 11.8 Å². The van der Waals surface area contributed by atoms with E-state index in [1.807, 2.05) is 29.2 Å². The average Bonchev–Trinajstić information content (AvgIpc) is 2.88. The van der Waals surface area contributed by atoms with Crippen molar-refractivity contribution >= 4 is 39.5 Å². The van der Waals surface area contributed by atoms with E-state index < -0.39 is 0 Å². The van der Waals surface area contributed by atoms with Crippen LogP contribution in [0.25, 0.3) is 21.8 Å². The van der Waals surface area contributed by atoms with Gasteiger partial charge in [0, 0.05) is 34.9 Å². The highest BCUT2D eigenvalue weighted by atomic mass is 32.2. The van der Waals surface area contributed by atoms with Crippen molar-refractivity contribution in [1.29, 1.82) is 0 Å². The topological polar surface area (TPSA) is 66.1 Å². The number of rotatable bonds is 6. The summed E-state index contributed by atoms with van der Waals surface area (Å²) in [5.74, 6) is 0.442. The molecule has 5 rings (SSSR count). The number of carbonyl (C=O) groups excluding carboxylic acids is 1. The summed E-state index contributed by atoms with van der Waals surface area (Å²) in [6.07, 6.45) is 5.54. The van der Waals surface area contributed by atoms with Crippen molar-refractivity contribution in [2.24, 2.45) is 0 Å². The van der Waals surface area contributed by atoms with E-state index in [0.717, 1.165) is 52.7 Å². The number of benzene rings is 2. The minimum absolute atomic E-state index is 0.108. The molecule has 0 aliphatic heterocycles. The highest BCUT2D eigenvalue weighted by Gasteiger charge is 2.26. The smallest absolute Gasteiger partial charge is 0.248 e. The second-order valence-electron chi connectivity index (χ2n) is 9.99. The van der Waals surface area contributed by atoms with Gasteiger partial charge in [0.15, 0.2) is 0 Å². The van der Waals surface area contributed by atoms with Crippen molar-refractivity contribution in [2.45, 2.75) is 70.5 Å². The first-order valence-electron chi connectivity index (χ1n) is 12.8. The molecule has 0 atom stereocenters. The molecule has 0 bridgehead atoms. The fourth-order valence-corrected chi connectivity index (χ4v) is 6.22. The van der Waals surface area contributed by atoms with Gasteiger partial charge in [-0.3, -0.25) is 9.59 Å². The molecule has 0 spiro atoms. The SMILES string of the molecule is Cc1ccc2c(C)cc(SCC(=O)N(Cc3cc(=O)[nH]c4ccccc34)C3CCCCC3)nc2c1C. The van der Waals surface area contributed by atoms with Gasteiger partial charge in [0.05, 0.1) is 16.3 Å². The van der Waals surface area contributed by atoms with Crippen LogP contribution in [0.1, 0.15) is 54.4 Å². The Morgan fingerprint density at radius 1 is 1.00 bits per heavy atom. The molecule has 2 aromatic carbocycles. The van der Waals surface area contributed by atoms with Gasteiger partial charge in [-0.2, -0.15) is 0 Å². The highest BCUT2D eigenvalue weighted by Crippen LogP contribution is 2.30. The summed E-state index contributed by atoms with van der Waals surface area (Å²) >= 11 is 1.51. The second-order valence-corrected chi connectivity index (χ2v) is 11.0. The molecule has 5 nitrogen and oxygen atoms in total. The number of H-pyrrole nitrogens is 1. The summed E-state index contributed by atoms with van der Waals surface area (Å²) in [5.41, 5.74) is 6.20. The number of fused-ring (bicyclic) bond motifs is 2. The number of thioether (sulfide) groups is 1. The molecule has 186 valence electrons. The maximum absolute atomic E-state index is 13.7. The first kappa shape index (κ1) is 24.6. The molecule has 1 aliphatic rings. The maximum Gasteiger partial charge on any atom is 0.248 e. The summed E-state index contributed by atoms with van der Waals surface area (Å²) in [7, 11) is 0. The second kappa shape index (κ2) is 10.5. The summed E-state index contributed by atoms with van der Waals surface area (Å²) < 4.78 is 0. The number of hydrogen-bond donors (Lipinski definition) is 1. The van der Waals surface area contributed by atoms with Crippen molar-refractivity contribution < 1.29 is 4.79 Å². The molecule has 0 unspecified atom stereocenters. The summed E-state index contributed by atoms with van der Waals surface area (Å²) in [6, 6.07) is 16.1. The van der Waals surface area contributed by atoms with Gasteiger partial charge in [0.1, 0.15) is 0 Å². The Kier molecular flexibility index (Phi) is 7.15. The van der Waals surface area contributed by atoms with Crippen LogP contribution in [0.2, 0.25) is 0 Å². The Morgan fingerprint density at radius 2 is 1.78 bits per heavy atom. The lowest BCUT2D eigenvalue weighted by molar-refractivity contribution is -0.132. The maximum atomic E-state index is 13.7. The number of amides is 1. The van der Waals surface area contributed by atoms with E-state index in [4.69, 9.17) is 4.98 Å².